The van der Waals surface area contributed by atoms with Crippen molar-refractivity contribution in [3.63, 3.8) is 0 Å². The maximum Gasteiger partial charge on any atom is 0.310 e. The molecule has 3 aromatic rings. The number of carbonyl (C=O) groups excluding carboxylic acids is 1. The molecule has 0 aliphatic carbocycles. The van der Waals surface area contributed by atoms with Gasteiger partial charge in [0.2, 0.25) is 0 Å². The summed E-state index contributed by atoms with van der Waals surface area (Å²) >= 11 is 1.06. The van der Waals surface area contributed by atoms with Crippen molar-refractivity contribution in [3.05, 3.63) is 66.1 Å². The summed E-state index contributed by atoms with van der Waals surface area (Å²) in [6, 6.07) is 7.22. The van der Waals surface area contributed by atoms with Crippen LogP contribution in [0.5, 0.6) is 0 Å². The lowest BCUT2D eigenvalue weighted by Crippen LogP contribution is -2.12. The number of carbonyl (C=O) groups is 1. The van der Waals surface area contributed by atoms with Crippen molar-refractivity contribution in [1.82, 2.24) is 4.98 Å². The first-order valence-corrected chi connectivity index (χ1v) is 9.96. The van der Waals surface area contributed by atoms with Crippen LogP contribution in [-0.4, -0.2) is 10.9 Å². The molecular formula is C16H10F6N2OS2. The molecule has 3 rings (SSSR count). The van der Waals surface area contributed by atoms with E-state index in [0.29, 0.717) is 22.6 Å². The van der Waals surface area contributed by atoms with Crippen molar-refractivity contribution in [1.29, 1.82) is 0 Å². The summed E-state index contributed by atoms with van der Waals surface area (Å²) in [7, 11) is -9.78. The van der Waals surface area contributed by atoms with E-state index in [1.165, 1.54) is 30.5 Å². The second kappa shape index (κ2) is 5.73. The Balaban J connectivity index is 1.76. The Hall–Kier alpha value is -2.53. The number of thiazole rings is 1. The van der Waals surface area contributed by atoms with E-state index in [2.05, 4.69) is 10.3 Å². The summed E-state index contributed by atoms with van der Waals surface area (Å²) < 4.78 is 76.4. The fraction of sp³-hybridized carbons (Fsp3) is 0. The van der Waals surface area contributed by atoms with Crippen LogP contribution in [0.25, 0.3) is 10.4 Å². The molecule has 0 aliphatic rings. The molecule has 0 saturated carbocycles. The minimum Gasteiger partial charge on any atom is -0.298 e. The number of halogens is 6. The van der Waals surface area contributed by atoms with E-state index in [0.717, 1.165) is 11.3 Å². The number of nitrogens with one attached hydrogen (secondary N) is 1. The van der Waals surface area contributed by atoms with Gasteiger partial charge in [-0.2, -0.15) is 0 Å². The number of hydrogen-bond donors (Lipinski definition) is 1. The zero-order valence-corrected chi connectivity index (χ0v) is 14.8. The van der Waals surface area contributed by atoms with E-state index < -0.39 is 26.8 Å². The summed E-state index contributed by atoms with van der Waals surface area (Å²) in [5.41, 5.74) is 0.425. The lowest BCUT2D eigenvalue weighted by molar-refractivity contribution is 0.102. The van der Waals surface area contributed by atoms with E-state index in [4.69, 9.17) is 0 Å². The van der Waals surface area contributed by atoms with Gasteiger partial charge in [0.05, 0.1) is 4.88 Å². The Morgan fingerprint density at radius 2 is 1.52 bits per heavy atom. The first kappa shape index (κ1) is 19.2. The topological polar surface area (TPSA) is 42.0 Å². The Morgan fingerprint density at radius 1 is 0.926 bits per heavy atom. The van der Waals surface area contributed by atoms with E-state index >= 15 is 0 Å². The van der Waals surface area contributed by atoms with Gasteiger partial charge in [-0.25, -0.2) is 9.37 Å². The molecule has 0 radical (unpaired) electrons. The van der Waals surface area contributed by atoms with Crippen LogP contribution >= 0.6 is 21.6 Å². The third-order valence-corrected chi connectivity index (χ3v) is 5.54. The summed E-state index contributed by atoms with van der Waals surface area (Å²) in [5, 5.41) is 2.52. The number of hydrogen-bond acceptors (Lipinski definition) is 3. The number of rotatable bonds is 4. The van der Waals surface area contributed by atoms with Gasteiger partial charge in [-0.3, -0.25) is 10.1 Å². The lowest BCUT2D eigenvalue weighted by atomic mass is 10.2. The normalized spacial score (nSPS) is 14.3. The van der Waals surface area contributed by atoms with Gasteiger partial charge < -0.3 is 0 Å². The van der Waals surface area contributed by atoms with E-state index in [1.54, 1.807) is 0 Å². The number of anilines is 1. The fourth-order valence-corrected chi connectivity index (χ4v) is 3.58. The van der Waals surface area contributed by atoms with Crippen molar-refractivity contribution < 1.29 is 28.6 Å². The van der Waals surface area contributed by atoms with Crippen LogP contribution in [0, 0.1) is 5.82 Å². The van der Waals surface area contributed by atoms with Crippen LogP contribution in [-0.2, 0) is 0 Å². The molecule has 0 atom stereocenters. The highest BCUT2D eigenvalue weighted by atomic mass is 32.5. The van der Waals surface area contributed by atoms with Crippen LogP contribution in [0.1, 0.15) is 10.4 Å². The second-order valence-corrected chi connectivity index (χ2v) is 8.92. The Labute approximate surface area is 153 Å². The molecule has 3 nitrogen and oxygen atoms in total. The fourth-order valence-electron chi connectivity index (χ4n) is 2.11. The van der Waals surface area contributed by atoms with E-state index in [-0.39, 0.29) is 22.8 Å². The summed E-state index contributed by atoms with van der Waals surface area (Å²) in [4.78, 5) is 14.6. The molecule has 2 aromatic carbocycles. The highest BCUT2D eigenvalue weighted by Gasteiger charge is 2.65. The highest BCUT2D eigenvalue weighted by molar-refractivity contribution is 8.45. The number of benzene rings is 2. The predicted molar refractivity (Wildman–Crippen MR) is 93.3 cm³/mol. The Bertz CT molecular complexity index is 999. The Kier molecular flexibility index (Phi) is 4.08. The molecule has 1 heterocycles. The quantitative estimate of drug-likeness (QED) is 0.465. The van der Waals surface area contributed by atoms with Gasteiger partial charge in [-0.05, 0) is 42.0 Å². The number of nitrogens with zero attached hydrogens (tertiary/aromatic N) is 1. The van der Waals surface area contributed by atoms with E-state index in [1.807, 2.05) is 0 Å². The standard InChI is InChI=1S/C16H10F6N2OS2/c17-12-5-1-10(2-6-12)14-9-23-16(26-14)24-15(25)11-3-7-13(8-4-11)27(18,19,20,21)22/h1-9H,(H,23,24,25). The van der Waals surface area contributed by atoms with Gasteiger partial charge in [0.1, 0.15) is 10.7 Å². The third-order valence-electron chi connectivity index (χ3n) is 3.42. The molecule has 1 amide bonds. The van der Waals surface area contributed by atoms with Crippen LogP contribution < -0.4 is 5.32 Å². The molecule has 0 bridgehead atoms. The minimum atomic E-state index is -9.78. The van der Waals surface area contributed by atoms with Crippen LogP contribution in [0.3, 0.4) is 0 Å². The van der Waals surface area contributed by atoms with Crippen LogP contribution in [0.15, 0.2) is 59.6 Å². The number of amides is 1. The van der Waals surface area contributed by atoms with Crippen LogP contribution in [0.2, 0.25) is 0 Å². The van der Waals surface area contributed by atoms with Gasteiger partial charge in [-0.15, -0.1) is 0 Å². The molecule has 144 valence electrons. The summed E-state index contributed by atoms with van der Waals surface area (Å²) in [6.45, 7) is 0. The smallest absolute Gasteiger partial charge is 0.298 e. The molecule has 27 heavy (non-hydrogen) atoms. The zero-order valence-electron chi connectivity index (χ0n) is 13.1. The van der Waals surface area contributed by atoms with Crippen molar-refractivity contribution in [3.8, 4) is 10.4 Å². The molecule has 11 heteroatoms. The van der Waals surface area contributed by atoms with Gasteiger partial charge in [0.15, 0.2) is 5.13 Å². The van der Waals surface area contributed by atoms with Crippen molar-refractivity contribution in [2.75, 3.05) is 5.32 Å². The maximum atomic E-state index is 12.9. The molecule has 0 aliphatic heterocycles. The predicted octanol–water partition coefficient (Wildman–Crippen LogP) is 6.86. The number of aromatic nitrogens is 1. The molecular weight excluding hydrogens is 414 g/mol. The first-order valence-electron chi connectivity index (χ1n) is 7.19. The zero-order chi connectivity index (χ0) is 19.9. The monoisotopic (exact) mass is 424 g/mol. The van der Waals surface area contributed by atoms with Crippen molar-refractivity contribution in [2.45, 2.75) is 4.90 Å². The lowest BCUT2D eigenvalue weighted by Gasteiger charge is -2.40. The average Bonchev–Trinajstić information content (AvgIpc) is 3.02. The SMILES string of the molecule is O=C(Nc1ncc(-c2ccc(F)cc2)s1)c1ccc(S(F)(F)(F)(F)F)cc1. The highest BCUT2D eigenvalue weighted by Crippen LogP contribution is 3.02. The maximum absolute atomic E-state index is 12.9. The minimum absolute atomic E-state index is 0.149. The van der Waals surface area contributed by atoms with Gasteiger partial charge in [0, 0.05) is 11.8 Å². The largest absolute Gasteiger partial charge is 0.310 e. The van der Waals surface area contributed by atoms with Crippen LogP contribution in [0.4, 0.5) is 29.0 Å². The summed E-state index contributed by atoms with van der Waals surface area (Å²) in [5.74, 6) is -1.21. The molecule has 0 saturated heterocycles. The third kappa shape index (κ3) is 4.61. The van der Waals surface area contributed by atoms with Crippen molar-refractivity contribution in [2.24, 2.45) is 0 Å². The first-order chi connectivity index (χ1) is 12.3. The molecule has 0 spiro atoms. The molecule has 1 N–H and O–H groups in total. The Morgan fingerprint density at radius 3 is 2.07 bits per heavy atom. The molecule has 0 unspecified atom stereocenters. The summed E-state index contributed by atoms with van der Waals surface area (Å²) in [6.07, 6.45) is 1.44. The van der Waals surface area contributed by atoms with Crippen molar-refractivity contribution >= 4 is 32.6 Å². The average molecular weight is 424 g/mol. The molecule has 1 aromatic heterocycles. The molecule has 0 fully saturated rings. The van der Waals surface area contributed by atoms with Gasteiger partial charge in [-0.1, -0.05) is 42.9 Å². The van der Waals surface area contributed by atoms with Gasteiger partial charge in [0.25, 0.3) is 5.91 Å². The second-order valence-electron chi connectivity index (χ2n) is 5.48. The van der Waals surface area contributed by atoms with Gasteiger partial charge >= 0.3 is 10.2 Å². The van der Waals surface area contributed by atoms with E-state index in [9.17, 15) is 28.6 Å².